The first-order valence-corrected chi connectivity index (χ1v) is 9.30. The second kappa shape index (κ2) is 7.28. The van der Waals surface area contributed by atoms with E-state index in [0.717, 1.165) is 31.6 Å². The molecular weight excluding hydrogens is 314 g/mol. The molecule has 2 saturated heterocycles. The quantitative estimate of drug-likeness (QED) is 0.928. The molecule has 2 fully saturated rings. The van der Waals surface area contributed by atoms with Crippen LogP contribution in [0.2, 0.25) is 0 Å². The molecule has 0 aliphatic carbocycles. The van der Waals surface area contributed by atoms with Gasteiger partial charge in [0.15, 0.2) is 0 Å². The number of nitrogens with zero attached hydrogens (tertiary/aromatic N) is 3. The highest BCUT2D eigenvalue weighted by molar-refractivity contribution is 5.40. The standard InChI is InChI=1S/C20H27N3O2/c1-15-11-17(23-9-7-21-14-23)5-4-16(15)12-22-8-2-3-19(22)18-13-25-10-6-20(18)24/h4-5,7,9,11,14,18-20,24H,2-3,6,8,10,12-13H2,1H3. The molecule has 25 heavy (non-hydrogen) atoms. The predicted molar refractivity (Wildman–Crippen MR) is 96.7 cm³/mol. The van der Waals surface area contributed by atoms with E-state index in [2.05, 4.69) is 35.0 Å². The molecular formula is C20H27N3O2. The first-order valence-electron chi connectivity index (χ1n) is 9.30. The Balaban J connectivity index is 1.49. The largest absolute Gasteiger partial charge is 0.393 e. The molecule has 3 heterocycles. The van der Waals surface area contributed by atoms with E-state index >= 15 is 0 Å². The van der Waals surface area contributed by atoms with Crippen molar-refractivity contribution in [1.82, 2.24) is 14.5 Å². The Bertz CT molecular complexity index is 701. The zero-order valence-electron chi connectivity index (χ0n) is 14.8. The smallest absolute Gasteiger partial charge is 0.0991 e. The fourth-order valence-electron chi connectivity index (χ4n) is 4.30. The third-order valence-corrected chi connectivity index (χ3v) is 5.77. The molecule has 4 rings (SSSR count). The minimum absolute atomic E-state index is 0.218. The van der Waals surface area contributed by atoms with E-state index < -0.39 is 0 Å². The van der Waals surface area contributed by atoms with Crippen LogP contribution in [-0.2, 0) is 11.3 Å². The number of likely N-dealkylation sites (tertiary alicyclic amines) is 1. The van der Waals surface area contributed by atoms with Crippen LogP contribution in [0.25, 0.3) is 5.69 Å². The number of hydrogen-bond donors (Lipinski definition) is 1. The second-order valence-corrected chi connectivity index (χ2v) is 7.36. The molecule has 2 aliphatic heterocycles. The van der Waals surface area contributed by atoms with Crippen molar-refractivity contribution in [2.45, 2.75) is 44.9 Å². The van der Waals surface area contributed by atoms with Gasteiger partial charge in [0.2, 0.25) is 0 Å². The van der Waals surface area contributed by atoms with Crippen molar-refractivity contribution >= 4 is 0 Å². The lowest BCUT2D eigenvalue weighted by Gasteiger charge is -2.37. The molecule has 0 spiro atoms. The van der Waals surface area contributed by atoms with Gasteiger partial charge in [-0.05, 0) is 56.0 Å². The number of aromatic nitrogens is 2. The van der Waals surface area contributed by atoms with Gasteiger partial charge in [-0.2, -0.15) is 0 Å². The van der Waals surface area contributed by atoms with E-state index in [4.69, 9.17) is 4.74 Å². The molecule has 2 aromatic rings. The minimum atomic E-state index is -0.218. The average Bonchev–Trinajstić information content (AvgIpc) is 3.29. The summed E-state index contributed by atoms with van der Waals surface area (Å²) in [6, 6.07) is 7.05. The number of aliphatic hydroxyl groups excluding tert-OH is 1. The molecule has 3 atom stereocenters. The highest BCUT2D eigenvalue weighted by Gasteiger charge is 2.37. The van der Waals surface area contributed by atoms with Gasteiger partial charge in [-0.3, -0.25) is 4.90 Å². The number of imidazole rings is 1. The van der Waals surface area contributed by atoms with Crippen LogP contribution in [0.4, 0.5) is 0 Å². The Morgan fingerprint density at radius 3 is 3.00 bits per heavy atom. The van der Waals surface area contributed by atoms with E-state index in [1.54, 1.807) is 6.20 Å². The molecule has 134 valence electrons. The normalized spacial score (nSPS) is 27.7. The lowest BCUT2D eigenvalue weighted by atomic mass is 9.89. The monoisotopic (exact) mass is 341 g/mol. The topological polar surface area (TPSA) is 50.5 Å². The molecule has 1 N–H and O–H groups in total. The molecule has 0 amide bonds. The van der Waals surface area contributed by atoms with Gasteiger partial charge in [-0.25, -0.2) is 4.98 Å². The second-order valence-electron chi connectivity index (χ2n) is 7.36. The van der Waals surface area contributed by atoms with E-state index in [0.29, 0.717) is 19.3 Å². The van der Waals surface area contributed by atoms with E-state index in [1.165, 1.54) is 17.5 Å². The Hall–Kier alpha value is -1.69. The maximum Gasteiger partial charge on any atom is 0.0991 e. The molecule has 1 aromatic heterocycles. The number of rotatable bonds is 4. The van der Waals surface area contributed by atoms with Crippen molar-refractivity contribution in [2.75, 3.05) is 19.8 Å². The summed E-state index contributed by atoms with van der Waals surface area (Å²) in [5.41, 5.74) is 3.81. The van der Waals surface area contributed by atoms with Crippen LogP contribution >= 0.6 is 0 Å². The minimum Gasteiger partial charge on any atom is -0.393 e. The molecule has 0 bridgehead atoms. The van der Waals surface area contributed by atoms with Crippen LogP contribution in [0.15, 0.2) is 36.9 Å². The molecule has 0 saturated carbocycles. The Kier molecular flexibility index (Phi) is 4.88. The molecule has 3 unspecified atom stereocenters. The van der Waals surface area contributed by atoms with Crippen LogP contribution in [0.1, 0.15) is 30.4 Å². The summed E-state index contributed by atoms with van der Waals surface area (Å²) in [7, 11) is 0. The first-order chi connectivity index (χ1) is 12.2. The van der Waals surface area contributed by atoms with Gasteiger partial charge in [0.25, 0.3) is 0 Å². The van der Waals surface area contributed by atoms with E-state index in [-0.39, 0.29) is 12.0 Å². The lowest BCUT2D eigenvalue weighted by molar-refractivity contribution is -0.0636. The van der Waals surface area contributed by atoms with Gasteiger partial charge in [-0.15, -0.1) is 0 Å². The van der Waals surface area contributed by atoms with E-state index in [1.807, 2.05) is 17.1 Å². The molecule has 5 nitrogen and oxygen atoms in total. The van der Waals surface area contributed by atoms with Crippen molar-refractivity contribution in [3.63, 3.8) is 0 Å². The summed E-state index contributed by atoms with van der Waals surface area (Å²) >= 11 is 0. The Morgan fingerprint density at radius 1 is 1.32 bits per heavy atom. The zero-order valence-corrected chi connectivity index (χ0v) is 14.8. The van der Waals surface area contributed by atoms with Crippen molar-refractivity contribution in [3.8, 4) is 5.69 Å². The fraction of sp³-hybridized carbons (Fsp3) is 0.550. The number of aliphatic hydroxyl groups is 1. The Labute approximate surface area is 149 Å². The number of aryl methyl sites for hydroxylation is 1. The van der Waals surface area contributed by atoms with Gasteiger partial charge in [0.05, 0.1) is 19.0 Å². The maximum absolute atomic E-state index is 10.4. The van der Waals surface area contributed by atoms with Gasteiger partial charge in [-0.1, -0.05) is 6.07 Å². The van der Waals surface area contributed by atoms with Gasteiger partial charge >= 0.3 is 0 Å². The summed E-state index contributed by atoms with van der Waals surface area (Å²) in [6.45, 7) is 5.63. The van der Waals surface area contributed by atoms with Crippen LogP contribution < -0.4 is 0 Å². The van der Waals surface area contributed by atoms with Crippen LogP contribution in [0.5, 0.6) is 0 Å². The highest BCUT2D eigenvalue weighted by Crippen LogP contribution is 2.31. The van der Waals surface area contributed by atoms with Crippen molar-refractivity contribution in [2.24, 2.45) is 5.92 Å². The summed E-state index contributed by atoms with van der Waals surface area (Å²) in [4.78, 5) is 6.67. The zero-order chi connectivity index (χ0) is 17.2. The summed E-state index contributed by atoms with van der Waals surface area (Å²) < 4.78 is 7.68. The summed E-state index contributed by atoms with van der Waals surface area (Å²) in [5, 5.41) is 10.4. The van der Waals surface area contributed by atoms with Gasteiger partial charge < -0.3 is 14.4 Å². The predicted octanol–water partition coefficient (Wildman–Crippen LogP) is 2.54. The van der Waals surface area contributed by atoms with Crippen molar-refractivity contribution < 1.29 is 9.84 Å². The maximum atomic E-state index is 10.4. The molecule has 5 heteroatoms. The van der Waals surface area contributed by atoms with Crippen LogP contribution in [0, 0.1) is 12.8 Å². The van der Waals surface area contributed by atoms with Crippen molar-refractivity contribution in [1.29, 1.82) is 0 Å². The molecule has 1 aromatic carbocycles. The molecule has 0 radical (unpaired) electrons. The summed E-state index contributed by atoms with van der Waals surface area (Å²) in [5.74, 6) is 0.252. The van der Waals surface area contributed by atoms with Crippen LogP contribution in [0.3, 0.4) is 0 Å². The average molecular weight is 341 g/mol. The van der Waals surface area contributed by atoms with Crippen molar-refractivity contribution in [3.05, 3.63) is 48.0 Å². The van der Waals surface area contributed by atoms with Gasteiger partial charge in [0.1, 0.15) is 0 Å². The third kappa shape index (κ3) is 3.50. The fourth-order valence-corrected chi connectivity index (χ4v) is 4.30. The summed E-state index contributed by atoms with van der Waals surface area (Å²) in [6.07, 6.45) is 8.52. The Morgan fingerprint density at radius 2 is 2.24 bits per heavy atom. The van der Waals surface area contributed by atoms with Gasteiger partial charge in [0, 0.05) is 43.2 Å². The van der Waals surface area contributed by atoms with Crippen LogP contribution in [-0.4, -0.2) is 51.5 Å². The number of hydrogen-bond acceptors (Lipinski definition) is 4. The SMILES string of the molecule is Cc1cc(-n2ccnc2)ccc1CN1CCCC1C1COCCC1O. The number of benzene rings is 1. The third-order valence-electron chi connectivity index (χ3n) is 5.77. The highest BCUT2D eigenvalue weighted by atomic mass is 16.5. The lowest BCUT2D eigenvalue weighted by Crippen LogP contribution is -2.45. The molecule has 2 aliphatic rings. The number of ether oxygens (including phenoxy) is 1. The van der Waals surface area contributed by atoms with E-state index in [9.17, 15) is 5.11 Å². The first kappa shape index (κ1) is 16.8.